The molecule has 1 aliphatic rings. The molecule has 0 aliphatic carbocycles. The maximum Gasteiger partial charge on any atom is 0.261 e. The quantitative estimate of drug-likeness (QED) is 0.527. The lowest BCUT2D eigenvalue weighted by atomic mass is 10.1. The number of hydrogen-bond donors (Lipinski definition) is 0. The standard InChI is InChI=1S/C27H29FN2OSi/c1-27(2,3)32(24-10-6-4-7-11-24,25-12-8-5-9-13-25)31-23-19-30(20-23)18-22-15-14-21(17-29)16-26(22)28/h4-16,23H,18-20H2,1-3H3. The maximum absolute atomic E-state index is 14.3. The predicted molar refractivity (Wildman–Crippen MR) is 129 cm³/mol. The lowest BCUT2D eigenvalue weighted by Crippen LogP contribution is -2.70. The molecule has 0 aromatic heterocycles. The molecular formula is C27H29FN2OSi. The number of halogens is 1. The minimum atomic E-state index is -2.56. The number of benzene rings is 3. The van der Waals surface area contributed by atoms with Gasteiger partial charge in [-0.3, -0.25) is 4.90 Å². The Morgan fingerprint density at radius 2 is 1.53 bits per heavy atom. The van der Waals surface area contributed by atoms with Gasteiger partial charge in [-0.05, 0) is 27.5 Å². The molecule has 32 heavy (non-hydrogen) atoms. The molecular weight excluding hydrogens is 415 g/mol. The van der Waals surface area contributed by atoms with Crippen LogP contribution in [0.3, 0.4) is 0 Å². The molecule has 3 aromatic carbocycles. The second kappa shape index (κ2) is 8.99. The third kappa shape index (κ3) is 4.27. The van der Waals surface area contributed by atoms with Crippen LogP contribution in [0.2, 0.25) is 5.04 Å². The van der Waals surface area contributed by atoms with Gasteiger partial charge in [-0.2, -0.15) is 5.26 Å². The van der Waals surface area contributed by atoms with Gasteiger partial charge in [-0.25, -0.2) is 4.39 Å². The summed E-state index contributed by atoms with van der Waals surface area (Å²) in [5.74, 6) is -0.319. The monoisotopic (exact) mass is 444 g/mol. The van der Waals surface area contributed by atoms with Crippen molar-refractivity contribution in [3.63, 3.8) is 0 Å². The van der Waals surface area contributed by atoms with E-state index >= 15 is 0 Å². The van der Waals surface area contributed by atoms with Gasteiger partial charge in [0.05, 0.1) is 17.7 Å². The molecule has 164 valence electrons. The van der Waals surface area contributed by atoms with Gasteiger partial charge < -0.3 is 4.43 Å². The number of rotatable bonds is 6. The van der Waals surface area contributed by atoms with Gasteiger partial charge in [-0.1, -0.05) is 87.5 Å². The Morgan fingerprint density at radius 1 is 0.969 bits per heavy atom. The van der Waals surface area contributed by atoms with Crippen LogP contribution < -0.4 is 10.4 Å². The molecule has 3 nitrogen and oxygen atoms in total. The van der Waals surface area contributed by atoms with Crippen LogP contribution in [0.15, 0.2) is 78.9 Å². The van der Waals surface area contributed by atoms with Crippen LogP contribution >= 0.6 is 0 Å². The number of hydrogen-bond acceptors (Lipinski definition) is 3. The normalized spacial score (nSPS) is 15.2. The predicted octanol–water partition coefficient (Wildman–Crippen LogP) is 4.46. The van der Waals surface area contributed by atoms with E-state index in [2.05, 4.69) is 74.2 Å². The molecule has 4 rings (SSSR count). The van der Waals surface area contributed by atoms with E-state index in [9.17, 15) is 4.39 Å². The molecule has 0 amide bonds. The molecule has 3 aromatic rings. The third-order valence-electron chi connectivity index (χ3n) is 6.26. The van der Waals surface area contributed by atoms with Gasteiger partial charge in [0, 0.05) is 25.2 Å². The Kier molecular flexibility index (Phi) is 6.30. The molecule has 0 bridgehead atoms. The van der Waals surface area contributed by atoms with Crippen LogP contribution in [0.25, 0.3) is 0 Å². The SMILES string of the molecule is CC(C)(C)[Si](OC1CN(Cc2ccc(C#N)cc2F)C1)(c1ccccc1)c1ccccc1. The van der Waals surface area contributed by atoms with E-state index in [-0.39, 0.29) is 17.0 Å². The minimum Gasteiger partial charge on any atom is -0.402 e. The minimum absolute atomic E-state index is 0.0602. The van der Waals surface area contributed by atoms with Crippen LogP contribution in [0.4, 0.5) is 4.39 Å². The molecule has 0 unspecified atom stereocenters. The Balaban J connectivity index is 1.57. The molecule has 0 atom stereocenters. The molecule has 0 radical (unpaired) electrons. The first kappa shape index (κ1) is 22.4. The zero-order chi connectivity index (χ0) is 22.8. The molecule has 1 fully saturated rings. The van der Waals surface area contributed by atoms with Crippen LogP contribution in [0.1, 0.15) is 31.9 Å². The van der Waals surface area contributed by atoms with Crippen molar-refractivity contribution in [3.05, 3.63) is 95.8 Å². The Labute approximate surface area is 191 Å². The van der Waals surface area contributed by atoms with E-state index in [4.69, 9.17) is 9.69 Å². The lowest BCUT2D eigenvalue weighted by Gasteiger charge is -2.49. The van der Waals surface area contributed by atoms with Crippen molar-refractivity contribution in [1.29, 1.82) is 5.26 Å². The highest BCUT2D eigenvalue weighted by atomic mass is 28.4. The second-order valence-electron chi connectivity index (χ2n) is 9.52. The number of nitriles is 1. The highest BCUT2D eigenvalue weighted by Gasteiger charge is 2.52. The fraction of sp³-hybridized carbons (Fsp3) is 0.296. The lowest BCUT2D eigenvalue weighted by molar-refractivity contribution is 0.00751. The zero-order valence-corrected chi connectivity index (χ0v) is 19.9. The molecule has 0 spiro atoms. The fourth-order valence-corrected chi connectivity index (χ4v) is 9.32. The maximum atomic E-state index is 14.3. The molecule has 1 aliphatic heterocycles. The third-order valence-corrected chi connectivity index (χ3v) is 11.4. The van der Waals surface area contributed by atoms with Crippen molar-refractivity contribution in [2.45, 2.75) is 38.5 Å². The zero-order valence-electron chi connectivity index (χ0n) is 18.9. The number of nitrogens with zero attached hydrogens (tertiary/aromatic N) is 2. The average molecular weight is 445 g/mol. The molecule has 0 N–H and O–H groups in total. The average Bonchev–Trinajstić information content (AvgIpc) is 2.76. The van der Waals surface area contributed by atoms with E-state index in [1.54, 1.807) is 12.1 Å². The van der Waals surface area contributed by atoms with E-state index in [0.717, 1.165) is 13.1 Å². The van der Waals surface area contributed by atoms with Crippen molar-refractivity contribution in [2.24, 2.45) is 0 Å². The van der Waals surface area contributed by atoms with Crippen molar-refractivity contribution >= 4 is 18.7 Å². The first-order valence-electron chi connectivity index (χ1n) is 11.0. The number of likely N-dealkylation sites (tertiary alicyclic amines) is 1. The van der Waals surface area contributed by atoms with Gasteiger partial charge >= 0.3 is 0 Å². The topological polar surface area (TPSA) is 36.3 Å². The summed E-state index contributed by atoms with van der Waals surface area (Å²) in [7, 11) is -2.56. The highest BCUT2D eigenvalue weighted by molar-refractivity contribution is 6.99. The van der Waals surface area contributed by atoms with E-state index < -0.39 is 8.32 Å². The van der Waals surface area contributed by atoms with Crippen molar-refractivity contribution in [3.8, 4) is 6.07 Å². The Morgan fingerprint density at radius 3 is 2.00 bits per heavy atom. The van der Waals surface area contributed by atoms with Crippen LogP contribution in [0, 0.1) is 17.1 Å². The molecule has 1 heterocycles. The largest absolute Gasteiger partial charge is 0.402 e. The van der Waals surface area contributed by atoms with E-state index in [1.807, 2.05) is 18.2 Å². The first-order chi connectivity index (χ1) is 15.3. The summed E-state index contributed by atoms with van der Waals surface area (Å²) in [6.45, 7) is 8.90. The summed E-state index contributed by atoms with van der Waals surface area (Å²) in [5, 5.41) is 11.4. The first-order valence-corrected chi connectivity index (χ1v) is 12.9. The summed E-state index contributed by atoms with van der Waals surface area (Å²) >= 11 is 0. The highest BCUT2D eigenvalue weighted by Crippen LogP contribution is 2.38. The van der Waals surface area contributed by atoms with Gasteiger partial charge in [-0.15, -0.1) is 0 Å². The Hall–Kier alpha value is -2.78. The van der Waals surface area contributed by atoms with E-state index in [0.29, 0.717) is 17.7 Å². The Bertz CT molecular complexity index is 1060. The van der Waals surface area contributed by atoms with E-state index in [1.165, 1.54) is 16.4 Å². The summed E-state index contributed by atoms with van der Waals surface area (Å²) in [6.07, 6.45) is 0.0998. The summed E-state index contributed by atoms with van der Waals surface area (Å²) < 4.78 is 21.4. The van der Waals surface area contributed by atoms with Crippen molar-refractivity contribution < 1.29 is 8.82 Å². The molecule has 1 saturated heterocycles. The van der Waals surface area contributed by atoms with Gasteiger partial charge in [0.15, 0.2) is 0 Å². The summed E-state index contributed by atoms with van der Waals surface area (Å²) in [4.78, 5) is 2.20. The van der Waals surface area contributed by atoms with Crippen LogP contribution in [-0.2, 0) is 11.0 Å². The van der Waals surface area contributed by atoms with Gasteiger partial charge in [0.1, 0.15) is 5.82 Å². The summed E-state index contributed by atoms with van der Waals surface area (Å²) in [5.41, 5.74) is 0.968. The fourth-order valence-electron chi connectivity index (χ4n) is 4.65. The van der Waals surface area contributed by atoms with Crippen LogP contribution in [0.5, 0.6) is 0 Å². The van der Waals surface area contributed by atoms with Crippen molar-refractivity contribution in [1.82, 2.24) is 4.90 Å². The summed E-state index contributed by atoms with van der Waals surface area (Å²) in [6, 6.07) is 28.0. The van der Waals surface area contributed by atoms with Crippen LogP contribution in [-0.4, -0.2) is 32.4 Å². The second-order valence-corrected chi connectivity index (χ2v) is 13.8. The smallest absolute Gasteiger partial charge is 0.261 e. The molecule has 0 saturated carbocycles. The van der Waals surface area contributed by atoms with Crippen molar-refractivity contribution in [2.75, 3.05) is 13.1 Å². The molecule has 5 heteroatoms. The van der Waals surface area contributed by atoms with Gasteiger partial charge in [0.25, 0.3) is 8.32 Å². The van der Waals surface area contributed by atoms with Gasteiger partial charge in [0.2, 0.25) is 0 Å².